The molecule has 1 unspecified atom stereocenters. The van der Waals surface area contributed by atoms with Crippen molar-refractivity contribution in [3.63, 3.8) is 0 Å². The van der Waals surface area contributed by atoms with Crippen molar-refractivity contribution in [3.8, 4) is 11.5 Å². The maximum Gasteiger partial charge on any atom is 0.417 e. The Kier molecular flexibility index (Phi) is 6.11. The van der Waals surface area contributed by atoms with E-state index in [1.165, 1.54) is 4.90 Å². The summed E-state index contributed by atoms with van der Waals surface area (Å²) in [5, 5.41) is 0. The van der Waals surface area contributed by atoms with Crippen molar-refractivity contribution in [1.29, 1.82) is 0 Å². The van der Waals surface area contributed by atoms with Crippen molar-refractivity contribution in [1.82, 2.24) is 4.90 Å². The molecule has 154 valence electrons. The zero-order valence-electron chi connectivity index (χ0n) is 17.3. The van der Waals surface area contributed by atoms with Crippen LogP contribution in [0.3, 0.4) is 0 Å². The summed E-state index contributed by atoms with van der Waals surface area (Å²) in [5.41, 5.74) is 1.33. The molecule has 2 aromatic carbocycles. The fourth-order valence-electron chi connectivity index (χ4n) is 3.22. The van der Waals surface area contributed by atoms with Crippen LogP contribution in [0.2, 0.25) is 0 Å². The summed E-state index contributed by atoms with van der Waals surface area (Å²) in [7, 11) is 1.59. The Bertz CT molecular complexity index is 873. The monoisotopic (exact) mass is 397 g/mol. The van der Waals surface area contributed by atoms with Crippen LogP contribution in [0.5, 0.6) is 11.5 Å². The third kappa shape index (κ3) is 5.28. The average molecular weight is 397 g/mol. The van der Waals surface area contributed by atoms with Gasteiger partial charge in [-0.3, -0.25) is 4.79 Å². The first-order valence-corrected chi connectivity index (χ1v) is 9.65. The molecule has 1 aliphatic heterocycles. The van der Waals surface area contributed by atoms with E-state index in [1.54, 1.807) is 27.9 Å². The Morgan fingerprint density at radius 2 is 1.83 bits per heavy atom. The van der Waals surface area contributed by atoms with Crippen molar-refractivity contribution in [2.45, 2.75) is 45.3 Å². The quantitative estimate of drug-likeness (QED) is 0.742. The highest BCUT2D eigenvalue weighted by molar-refractivity contribution is 5.94. The molecule has 1 atom stereocenters. The zero-order valence-corrected chi connectivity index (χ0v) is 17.3. The minimum absolute atomic E-state index is 0.111. The highest BCUT2D eigenvalue weighted by Gasteiger charge is 2.37. The molecule has 0 radical (unpaired) electrons. The Morgan fingerprint density at radius 3 is 2.48 bits per heavy atom. The molecule has 0 bridgehead atoms. The lowest BCUT2D eigenvalue weighted by Crippen LogP contribution is -2.37. The van der Waals surface area contributed by atoms with E-state index in [0.717, 1.165) is 11.1 Å². The van der Waals surface area contributed by atoms with E-state index < -0.39 is 11.7 Å². The zero-order chi connectivity index (χ0) is 21.0. The number of nitrogens with zero attached hydrogens (tertiary/aromatic N) is 1. The Morgan fingerprint density at radius 1 is 1.10 bits per heavy atom. The van der Waals surface area contributed by atoms with Gasteiger partial charge >= 0.3 is 6.09 Å². The number of imide groups is 1. The summed E-state index contributed by atoms with van der Waals surface area (Å²) >= 11 is 0. The number of hydrogen-bond acceptors (Lipinski definition) is 5. The van der Waals surface area contributed by atoms with Crippen LogP contribution in [0.25, 0.3) is 0 Å². The van der Waals surface area contributed by atoms with E-state index in [4.69, 9.17) is 14.2 Å². The van der Waals surface area contributed by atoms with Crippen LogP contribution < -0.4 is 9.47 Å². The number of carbonyl (C=O) groups is 2. The minimum atomic E-state index is -0.645. The van der Waals surface area contributed by atoms with Gasteiger partial charge in [0.05, 0.1) is 7.11 Å². The summed E-state index contributed by atoms with van der Waals surface area (Å²) in [6.45, 7) is 6.04. The summed E-state index contributed by atoms with van der Waals surface area (Å²) in [6, 6.07) is 15.5. The second kappa shape index (κ2) is 8.55. The SMILES string of the molecule is COc1ccc(C2CC(=O)N(C(=O)OC(C)(C)C)C2)cc1OCc1ccccc1. The molecule has 0 saturated carbocycles. The van der Waals surface area contributed by atoms with Crippen LogP contribution in [0.4, 0.5) is 4.79 Å². The maximum absolute atomic E-state index is 12.4. The van der Waals surface area contributed by atoms with Gasteiger partial charge in [0.25, 0.3) is 0 Å². The molecule has 0 aromatic heterocycles. The third-order valence-electron chi connectivity index (χ3n) is 4.64. The van der Waals surface area contributed by atoms with Crippen LogP contribution in [0.1, 0.15) is 44.2 Å². The summed E-state index contributed by atoms with van der Waals surface area (Å²) < 4.78 is 16.7. The first-order chi connectivity index (χ1) is 13.8. The second-order valence-electron chi connectivity index (χ2n) is 8.07. The number of methoxy groups -OCH3 is 1. The molecule has 29 heavy (non-hydrogen) atoms. The van der Waals surface area contributed by atoms with Crippen LogP contribution in [0, 0.1) is 0 Å². The van der Waals surface area contributed by atoms with Gasteiger partial charge in [0, 0.05) is 18.9 Å². The van der Waals surface area contributed by atoms with E-state index in [2.05, 4.69) is 0 Å². The van der Waals surface area contributed by atoms with Crippen molar-refractivity contribution in [3.05, 3.63) is 59.7 Å². The fraction of sp³-hybridized carbons (Fsp3) is 0.391. The average Bonchev–Trinajstić information content (AvgIpc) is 3.07. The number of carbonyl (C=O) groups excluding carboxylic acids is 2. The molecular weight excluding hydrogens is 370 g/mol. The molecule has 1 aliphatic rings. The number of rotatable bonds is 5. The van der Waals surface area contributed by atoms with Gasteiger partial charge in [0.1, 0.15) is 12.2 Å². The largest absolute Gasteiger partial charge is 0.493 e. The fourth-order valence-corrected chi connectivity index (χ4v) is 3.22. The van der Waals surface area contributed by atoms with Gasteiger partial charge < -0.3 is 14.2 Å². The van der Waals surface area contributed by atoms with E-state index in [1.807, 2.05) is 48.5 Å². The summed E-state index contributed by atoms with van der Waals surface area (Å²) in [4.78, 5) is 25.9. The number of ether oxygens (including phenoxy) is 3. The number of hydrogen-bond donors (Lipinski definition) is 0. The highest BCUT2D eigenvalue weighted by Crippen LogP contribution is 2.35. The van der Waals surface area contributed by atoms with E-state index in [9.17, 15) is 9.59 Å². The molecule has 6 heteroatoms. The van der Waals surface area contributed by atoms with Crippen LogP contribution in [-0.4, -0.2) is 36.2 Å². The van der Waals surface area contributed by atoms with Gasteiger partial charge in [-0.1, -0.05) is 36.4 Å². The van der Waals surface area contributed by atoms with E-state index >= 15 is 0 Å². The molecule has 6 nitrogen and oxygen atoms in total. The first-order valence-electron chi connectivity index (χ1n) is 9.65. The van der Waals surface area contributed by atoms with E-state index in [-0.39, 0.29) is 24.8 Å². The highest BCUT2D eigenvalue weighted by atomic mass is 16.6. The van der Waals surface area contributed by atoms with Gasteiger partial charge in [-0.2, -0.15) is 0 Å². The predicted molar refractivity (Wildman–Crippen MR) is 109 cm³/mol. The molecule has 1 heterocycles. The van der Waals surface area contributed by atoms with Crippen molar-refractivity contribution in [2.24, 2.45) is 0 Å². The number of amides is 2. The van der Waals surface area contributed by atoms with Gasteiger partial charge in [0.15, 0.2) is 11.5 Å². The molecular formula is C23H27NO5. The molecule has 1 fully saturated rings. The van der Waals surface area contributed by atoms with E-state index in [0.29, 0.717) is 18.1 Å². The molecule has 2 aromatic rings. The van der Waals surface area contributed by atoms with Crippen LogP contribution in [-0.2, 0) is 16.1 Å². The first kappa shape index (κ1) is 20.7. The smallest absolute Gasteiger partial charge is 0.417 e. The molecule has 0 spiro atoms. The van der Waals surface area contributed by atoms with Crippen LogP contribution in [0.15, 0.2) is 48.5 Å². The van der Waals surface area contributed by atoms with Gasteiger partial charge in [-0.05, 0) is 44.0 Å². The lowest BCUT2D eigenvalue weighted by Gasteiger charge is -2.23. The van der Waals surface area contributed by atoms with Crippen molar-refractivity contribution < 1.29 is 23.8 Å². The molecule has 2 amide bonds. The Hall–Kier alpha value is -3.02. The predicted octanol–water partition coefficient (Wildman–Crippen LogP) is 4.53. The Labute approximate surface area is 171 Å². The maximum atomic E-state index is 12.4. The normalized spacial score (nSPS) is 16.6. The van der Waals surface area contributed by atoms with Crippen LogP contribution >= 0.6 is 0 Å². The minimum Gasteiger partial charge on any atom is -0.493 e. The lowest BCUT2D eigenvalue weighted by molar-refractivity contribution is -0.126. The van der Waals surface area contributed by atoms with Gasteiger partial charge in [-0.25, -0.2) is 9.69 Å². The molecule has 3 rings (SSSR count). The second-order valence-corrected chi connectivity index (χ2v) is 8.07. The van der Waals surface area contributed by atoms with Gasteiger partial charge in [0.2, 0.25) is 5.91 Å². The van der Waals surface area contributed by atoms with Gasteiger partial charge in [-0.15, -0.1) is 0 Å². The molecule has 0 aliphatic carbocycles. The Balaban J connectivity index is 1.73. The lowest BCUT2D eigenvalue weighted by atomic mass is 9.98. The molecule has 0 N–H and O–H groups in total. The third-order valence-corrected chi connectivity index (χ3v) is 4.64. The summed E-state index contributed by atoms with van der Waals surface area (Å²) in [5.74, 6) is 0.891. The topological polar surface area (TPSA) is 65.1 Å². The number of benzene rings is 2. The molecule has 1 saturated heterocycles. The van der Waals surface area contributed by atoms with Crippen molar-refractivity contribution >= 4 is 12.0 Å². The number of likely N-dealkylation sites (tertiary alicyclic amines) is 1. The standard InChI is InChI=1S/C23H27NO5/c1-23(2,3)29-22(26)24-14-18(13-21(24)25)17-10-11-19(27-4)20(12-17)28-15-16-8-6-5-7-9-16/h5-12,18H,13-15H2,1-4H3. The summed E-state index contributed by atoms with van der Waals surface area (Å²) in [6.07, 6.45) is -0.344. The van der Waals surface area contributed by atoms with Crippen molar-refractivity contribution in [2.75, 3.05) is 13.7 Å².